The van der Waals surface area contributed by atoms with Crippen LogP contribution in [-0.4, -0.2) is 11.5 Å². The minimum Gasteiger partial charge on any atom is -0.440 e. The lowest BCUT2D eigenvalue weighted by Crippen LogP contribution is -2.10. The summed E-state index contributed by atoms with van der Waals surface area (Å²) in [4.78, 5) is 4.58. The van der Waals surface area contributed by atoms with Crippen molar-refractivity contribution in [3.8, 4) is 0 Å². The Bertz CT molecular complexity index is 537. The molecule has 2 aromatic rings. The molecule has 0 amide bonds. The van der Waals surface area contributed by atoms with E-state index in [2.05, 4.69) is 44.8 Å². The van der Waals surface area contributed by atoms with E-state index in [0.717, 1.165) is 23.4 Å². The second kappa shape index (κ2) is 4.73. The summed E-state index contributed by atoms with van der Waals surface area (Å²) in [6.45, 7) is 9.36. The van der Waals surface area contributed by atoms with Gasteiger partial charge in [0.15, 0.2) is 11.5 Å². The Morgan fingerprint density at radius 3 is 2.67 bits per heavy atom. The minimum absolute atomic E-state index is 0.135. The van der Waals surface area contributed by atoms with Crippen molar-refractivity contribution >= 4 is 11.1 Å². The van der Waals surface area contributed by atoms with Crippen molar-refractivity contribution in [3.63, 3.8) is 0 Å². The lowest BCUT2D eigenvalue weighted by molar-refractivity contribution is 0.473. The average molecular weight is 246 g/mol. The van der Waals surface area contributed by atoms with Gasteiger partial charge in [-0.15, -0.1) is 0 Å². The number of aromatic nitrogens is 1. The Hall–Kier alpha value is -1.35. The molecule has 18 heavy (non-hydrogen) atoms. The van der Waals surface area contributed by atoms with E-state index < -0.39 is 0 Å². The zero-order valence-corrected chi connectivity index (χ0v) is 11.7. The molecule has 1 heterocycles. The largest absolute Gasteiger partial charge is 0.440 e. The molecule has 1 atom stereocenters. The van der Waals surface area contributed by atoms with Gasteiger partial charge in [-0.25, -0.2) is 4.98 Å². The quantitative estimate of drug-likeness (QED) is 0.900. The van der Waals surface area contributed by atoms with E-state index >= 15 is 0 Å². The van der Waals surface area contributed by atoms with E-state index in [9.17, 15) is 0 Å². The zero-order valence-electron chi connectivity index (χ0n) is 11.7. The maximum atomic E-state index is 5.78. The first-order valence-corrected chi connectivity index (χ1v) is 6.53. The fourth-order valence-electron chi connectivity index (χ4n) is 2.00. The average Bonchev–Trinajstić information content (AvgIpc) is 2.70. The first kappa shape index (κ1) is 13.1. The summed E-state index contributed by atoms with van der Waals surface area (Å²) < 4.78 is 5.78. The van der Waals surface area contributed by atoms with E-state index in [0.29, 0.717) is 6.54 Å². The smallest absolute Gasteiger partial charge is 0.198 e. The molecule has 0 fully saturated rings. The number of oxazole rings is 1. The van der Waals surface area contributed by atoms with Gasteiger partial charge < -0.3 is 10.2 Å². The molecule has 1 unspecified atom stereocenters. The van der Waals surface area contributed by atoms with Crippen molar-refractivity contribution < 1.29 is 4.42 Å². The van der Waals surface area contributed by atoms with Crippen LogP contribution in [0, 0.1) is 0 Å². The predicted molar refractivity (Wildman–Crippen MR) is 74.8 cm³/mol. The molecule has 98 valence electrons. The van der Waals surface area contributed by atoms with Crippen LogP contribution in [0.4, 0.5) is 0 Å². The maximum absolute atomic E-state index is 5.78. The molecule has 1 aromatic heterocycles. The summed E-state index contributed by atoms with van der Waals surface area (Å²) >= 11 is 0. The molecular formula is C15H22N2O. The summed E-state index contributed by atoms with van der Waals surface area (Å²) in [5, 5.41) is 0. The van der Waals surface area contributed by atoms with Crippen LogP contribution in [0.3, 0.4) is 0 Å². The van der Waals surface area contributed by atoms with Crippen molar-refractivity contribution in [3.05, 3.63) is 29.7 Å². The van der Waals surface area contributed by atoms with Crippen molar-refractivity contribution in [2.24, 2.45) is 5.73 Å². The Kier molecular flexibility index (Phi) is 3.44. The summed E-state index contributed by atoms with van der Waals surface area (Å²) in [6.07, 6.45) is 0.902. The van der Waals surface area contributed by atoms with Crippen LogP contribution in [0.25, 0.3) is 11.1 Å². The zero-order chi connectivity index (χ0) is 13.3. The number of hydrogen-bond acceptors (Lipinski definition) is 3. The van der Waals surface area contributed by atoms with Gasteiger partial charge in [-0.05, 0) is 36.1 Å². The Labute approximate surface area is 108 Å². The minimum atomic E-state index is 0.135. The molecule has 0 saturated heterocycles. The van der Waals surface area contributed by atoms with Gasteiger partial charge in [0.05, 0.1) is 0 Å². The summed E-state index contributed by atoms with van der Waals surface area (Å²) in [5.41, 5.74) is 8.80. The number of nitrogens with two attached hydrogens (primary N) is 1. The molecule has 2 rings (SSSR count). The topological polar surface area (TPSA) is 52.0 Å². The number of fused-ring (bicyclic) bond motifs is 1. The second-order valence-corrected chi connectivity index (χ2v) is 5.96. The predicted octanol–water partition coefficient (Wildman–Crippen LogP) is 3.58. The third-order valence-electron chi connectivity index (χ3n) is 3.29. The van der Waals surface area contributed by atoms with Gasteiger partial charge in [0.2, 0.25) is 0 Å². The SMILES string of the molecule is CC(CCN)c1nc2cc(C(C)(C)C)ccc2o1. The monoisotopic (exact) mass is 246 g/mol. The molecule has 0 aliphatic heterocycles. The number of benzene rings is 1. The molecule has 3 heteroatoms. The van der Waals surface area contributed by atoms with E-state index in [1.54, 1.807) is 0 Å². The van der Waals surface area contributed by atoms with E-state index in [4.69, 9.17) is 10.2 Å². The lowest BCUT2D eigenvalue weighted by Gasteiger charge is -2.18. The van der Waals surface area contributed by atoms with E-state index in [1.165, 1.54) is 5.56 Å². The van der Waals surface area contributed by atoms with Crippen LogP contribution < -0.4 is 5.73 Å². The highest BCUT2D eigenvalue weighted by Gasteiger charge is 2.17. The summed E-state index contributed by atoms with van der Waals surface area (Å²) in [7, 11) is 0. The van der Waals surface area contributed by atoms with Crippen LogP contribution in [-0.2, 0) is 5.41 Å². The fourth-order valence-corrected chi connectivity index (χ4v) is 2.00. The van der Waals surface area contributed by atoms with Crippen LogP contribution in [0.5, 0.6) is 0 Å². The molecule has 0 bridgehead atoms. The number of hydrogen-bond donors (Lipinski definition) is 1. The molecule has 0 radical (unpaired) electrons. The fraction of sp³-hybridized carbons (Fsp3) is 0.533. The second-order valence-electron chi connectivity index (χ2n) is 5.96. The highest BCUT2D eigenvalue weighted by Crippen LogP contribution is 2.28. The molecule has 2 N–H and O–H groups in total. The lowest BCUT2D eigenvalue weighted by atomic mass is 9.87. The van der Waals surface area contributed by atoms with Gasteiger partial charge in [-0.3, -0.25) is 0 Å². The molecule has 0 saturated carbocycles. The highest BCUT2D eigenvalue weighted by atomic mass is 16.3. The van der Waals surface area contributed by atoms with Gasteiger partial charge in [0.25, 0.3) is 0 Å². The molecular weight excluding hydrogens is 224 g/mol. The van der Waals surface area contributed by atoms with Crippen molar-refractivity contribution in [2.75, 3.05) is 6.54 Å². The molecule has 3 nitrogen and oxygen atoms in total. The van der Waals surface area contributed by atoms with Gasteiger partial charge >= 0.3 is 0 Å². The third-order valence-corrected chi connectivity index (χ3v) is 3.29. The maximum Gasteiger partial charge on any atom is 0.198 e. The Morgan fingerprint density at radius 1 is 1.33 bits per heavy atom. The number of rotatable bonds is 3. The molecule has 0 aliphatic carbocycles. The van der Waals surface area contributed by atoms with Crippen LogP contribution in [0.1, 0.15) is 51.5 Å². The normalized spacial score (nSPS) is 14.1. The first-order chi connectivity index (χ1) is 8.41. The van der Waals surface area contributed by atoms with Crippen molar-refractivity contribution in [2.45, 2.75) is 45.4 Å². The number of nitrogens with zero attached hydrogens (tertiary/aromatic N) is 1. The van der Waals surface area contributed by atoms with Crippen LogP contribution in [0.2, 0.25) is 0 Å². The summed E-state index contributed by atoms with van der Waals surface area (Å²) in [5.74, 6) is 1.07. The molecule has 1 aromatic carbocycles. The highest BCUT2D eigenvalue weighted by molar-refractivity contribution is 5.73. The van der Waals surface area contributed by atoms with Crippen LogP contribution in [0.15, 0.2) is 22.6 Å². The van der Waals surface area contributed by atoms with E-state index in [-0.39, 0.29) is 11.3 Å². The van der Waals surface area contributed by atoms with Gasteiger partial charge in [0.1, 0.15) is 5.52 Å². The Morgan fingerprint density at radius 2 is 2.06 bits per heavy atom. The van der Waals surface area contributed by atoms with Gasteiger partial charge in [-0.1, -0.05) is 33.8 Å². The van der Waals surface area contributed by atoms with Gasteiger partial charge in [-0.2, -0.15) is 0 Å². The molecule has 0 aliphatic rings. The molecule has 0 spiro atoms. The Balaban J connectivity index is 2.40. The van der Waals surface area contributed by atoms with Crippen molar-refractivity contribution in [1.29, 1.82) is 0 Å². The van der Waals surface area contributed by atoms with E-state index in [1.807, 2.05) is 6.07 Å². The standard InChI is InChI=1S/C15H22N2O/c1-10(7-8-16)14-17-12-9-11(15(2,3)4)5-6-13(12)18-14/h5-6,9-10H,7-8,16H2,1-4H3. The third kappa shape index (κ3) is 2.56. The van der Waals surface area contributed by atoms with Crippen LogP contribution >= 0.6 is 0 Å². The van der Waals surface area contributed by atoms with Crippen molar-refractivity contribution in [1.82, 2.24) is 4.98 Å². The first-order valence-electron chi connectivity index (χ1n) is 6.53. The summed E-state index contributed by atoms with van der Waals surface area (Å²) in [6, 6.07) is 6.25. The van der Waals surface area contributed by atoms with Gasteiger partial charge in [0, 0.05) is 5.92 Å².